The quantitative estimate of drug-likeness (QED) is 0.298. The van der Waals surface area contributed by atoms with Gasteiger partial charge in [0.25, 0.3) is 0 Å². The van der Waals surface area contributed by atoms with Gasteiger partial charge in [-0.3, -0.25) is 9.59 Å². The molecule has 12 heteroatoms. The van der Waals surface area contributed by atoms with Crippen molar-refractivity contribution < 1.29 is 22.7 Å². The normalized spacial score (nSPS) is 11.9. The van der Waals surface area contributed by atoms with Crippen LogP contribution in [0.4, 0.5) is 5.13 Å². The second kappa shape index (κ2) is 11.0. The van der Waals surface area contributed by atoms with Crippen molar-refractivity contribution in [1.29, 1.82) is 0 Å². The number of hydrogen-bond acceptors (Lipinski definition) is 9. The number of ether oxygens (including phenoxy) is 1. The lowest BCUT2D eigenvalue weighted by atomic mass is 9.87. The number of carbonyl (C=O) groups is 2. The number of nitrogens with zero attached hydrogens (tertiary/aromatic N) is 2. The molecule has 31 heavy (non-hydrogen) atoms. The number of rotatable bonds is 10. The van der Waals surface area contributed by atoms with E-state index in [4.69, 9.17) is 4.74 Å². The molecule has 0 aliphatic heterocycles. The number of thioether (sulfide) groups is 1. The molecule has 0 saturated carbocycles. The molecule has 1 aromatic carbocycles. The highest BCUT2D eigenvalue weighted by Crippen LogP contribution is 2.26. The van der Waals surface area contributed by atoms with Gasteiger partial charge < -0.3 is 10.1 Å². The lowest BCUT2D eigenvalue weighted by Crippen LogP contribution is -2.28. The van der Waals surface area contributed by atoms with E-state index in [0.717, 1.165) is 28.7 Å². The van der Waals surface area contributed by atoms with E-state index in [-0.39, 0.29) is 40.1 Å². The van der Waals surface area contributed by atoms with Gasteiger partial charge in [0.15, 0.2) is 4.34 Å². The van der Waals surface area contributed by atoms with E-state index in [1.807, 2.05) is 20.8 Å². The largest absolute Gasteiger partial charge is 0.465 e. The van der Waals surface area contributed by atoms with Crippen molar-refractivity contribution in [2.75, 3.05) is 24.2 Å². The SMILES string of the molecule is CCOC(=O)CSc1nnc(NC(=O)CCNS(=O)(=O)c2ccc(C(C)(C)C)cc2)s1. The zero-order valence-corrected chi connectivity index (χ0v) is 20.2. The van der Waals surface area contributed by atoms with Crippen LogP contribution in [-0.2, 0) is 29.8 Å². The number of aromatic nitrogens is 2. The molecule has 0 saturated heterocycles. The Morgan fingerprint density at radius 2 is 1.84 bits per heavy atom. The van der Waals surface area contributed by atoms with Crippen molar-refractivity contribution in [2.24, 2.45) is 0 Å². The van der Waals surface area contributed by atoms with Gasteiger partial charge in [-0.1, -0.05) is 56.0 Å². The maximum atomic E-state index is 12.4. The lowest BCUT2D eigenvalue weighted by molar-refractivity contribution is -0.139. The van der Waals surface area contributed by atoms with Crippen molar-refractivity contribution >= 4 is 50.1 Å². The Morgan fingerprint density at radius 3 is 2.45 bits per heavy atom. The highest BCUT2D eigenvalue weighted by molar-refractivity contribution is 8.01. The van der Waals surface area contributed by atoms with Crippen molar-refractivity contribution in [2.45, 2.75) is 48.8 Å². The Labute approximate surface area is 190 Å². The number of anilines is 1. The molecule has 1 amide bonds. The Kier molecular flexibility index (Phi) is 8.98. The molecule has 0 radical (unpaired) electrons. The fourth-order valence-corrected chi connectivity index (χ4v) is 4.94. The molecule has 0 aliphatic carbocycles. The second-order valence-electron chi connectivity index (χ2n) is 7.44. The predicted octanol–water partition coefficient (Wildman–Crippen LogP) is 2.80. The maximum absolute atomic E-state index is 12.4. The van der Waals surface area contributed by atoms with Gasteiger partial charge in [-0.2, -0.15) is 0 Å². The van der Waals surface area contributed by atoms with Crippen LogP contribution in [0.3, 0.4) is 0 Å². The van der Waals surface area contributed by atoms with Crippen LogP contribution in [0.25, 0.3) is 0 Å². The third-order valence-electron chi connectivity index (χ3n) is 3.95. The molecule has 0 bridgehead atoms. The minimum Gasteiger partial charge on any atom is -0.465 e. The molecule has 0 fully saturated rings. The highest BCUT2D eigenvalue weighted by atomic mass is 32.2. The fraction of sp³-hybridized carbons (Fsp3) is 0.474. The monoisotopic (exact) mass is 486 g/mol. The van der Waals surface area contributed by atoms with Crippen LogP contribution in [-0.4, -0.2) is 49.4 Å². The van der Waals surface area contributed by atoms with Gasteiger partial charge in [-0.25, -0.2) is 13.1 Å². The number of nitrogens with one attached hydrogen (secondary N) is 2. The average Bonchev–Trinajstić information content (AvgIpc) is 3.13. The summed E-state index contributed by atoms with van der Waals surface area (Å²) < 4.78 is 32.6. The first-order valence-electron chi connectivity index (χ1n) is 9.53. The van der Waals surface area contributed by atoms with Crippen LogP contribution in [0.2, 0.25) is 0 Å². The van der Waals surface area contributed by atoms with Gasteiger partial charge >= 0.3 is 5.97 Å². The zero-order chi connectivity index (χ0) is 23.1. The van der Waals surface area contributed by atoms with Gasteiger partial charge in [0.1, 0.15) is 0 Å². The lowest BCUT2D eigenvalue weighted by Gasteiger charge is -2.19. The summed E-state index contributed by atoms with van der Waals surface area (Å²) in [5.74, 6) is -0.646. The van der Waals surface area contributed by atoms with Crippen LogP contribution in [0.15, 0.2) is 33.5 Å². The molecule has 170 valence electrons. The Hall–Kier alpha value is -2.02. The predicted molar refractivity (Wildman–Crippen MR) is 121 cm³/mol. The fourth-order valence-electron chi connectivity index (χ4n) is 2.34. The summed E-state index contributed by atoms with van der Waals surface area (Å²) in [6.45, 7) is 8.12. The van der Waals surface area contributed by atoms with Crippen molar-refractivity contribution in [3.8, 4) is 0 Å². The minimum atomic E-state index is -3.71. The zero-order valence-electron chi connectivity index (χ0n) is 17.8. The highest BCUT2D eigenvalue weighted by Gasteiger charge is 2.18. The molecule has 2 aromatic rings. The maximum Gasteiger partial charge on any atom is 0.316 e. The first-order chi connectivity index (χ1) is 14.5. The van der Waals surface area contributed by atoms with Gasteiger partial charge in [-0.15, -0.1) is 10.2 Å². The van der Waals surface area contributed by atoms with Gasteiger partial charge in [0.05, 0.1) is 17.3 Å². The third-order valence-corrected chi connectivity index (χ3v) is 7.37. The van der Waals surface area contributed by atoms with Gasteiger partial charge in [0, 0.05) is 13.0 Å². The van der Waals surface area contributed by atoms with Crippen molar-refractivity contribution in [3.63, 3.8) is 0 Å². The minimum absolute atomic E-state index is 0.0571. The van der Waals surface area contributed by atoms with Crippen LogP contribution in [0, 0.1) is 0 Å². The summed E-state index contributed by atoms with van der Waals surface area (Å²) >= 11 is 2.29. The van der Waals surface area contributed by atoms with E-state index < -0.39 is 15.9 Å². The molecule has 0 spiro atoms. The first kappa shape index (κ1) is 25.2. The summed E-state index contributed by atoms with van der Waals surface area (Å²) in [6.07, 6.45) is -0.0653. The standard InChI is InChI=1S/C19H26N4O5S3/c1-5-28-16(25)12-29-18-23-22-17(30-18)21-15(24)10-11-20-31(26,27)14-8-6-13(7-9-14)19(2,3)4/h6-9,20H,5,10-12H2,1-4H3,(H,21,22,24). The molecule has 0 aliphatic rings. The molecular weight excluding hydrogens is 460 g/mol. The van der Waals surface area contributed by atoms with Crippen LogP contribution < -0.4 is 10.0 Å². The molecule has 1 heterocycles. The number of esters is 1. The molecule has 0 atom stereocenters. The second-order valence-corrected chi connectivity index (χ2v) is 11.4. The Balaban J connectivity index is 1.80. The van der Waals surface area contributed by atoms with Crippen LogP contribution in [0.1, 0.15) is 39.7 Å². The van der Waals surface area contributed by atoms with E-state index in [2.05, 4.69) is 20.2 Å². The van der Waals surface area contributed by atoms with Crippen molar-refractivity contribution in [3.05, 3.63) is 29.8 Å². The summed E-state index contributed by atoms with van der Waals surface area (Å²) in [5, 5.41) is 10.6. The van der Waals surface area contributed by atoms with Gasteiger partial charge in [-0.05, 0) is 30.0 Å². The molecule has 1 aromatic heterocycles. The number of amides is 1. The summed E-state index contributed by atoms with van der Waals surface area (Å²) in [6, 6.07) is 6.68. The number of carbonyl (C=O) groups excluding carboxylic acids is 2. The number of hydrogen-bond donors (Lipinski definition) is 2. The van der Waals surface area contributed by atoms with E-state index in [0.29, 0.717) is 10.9 Å². The number of benzene rings is 1. The topological polar surface area (TPSA) is 127 Å². The molecule has 0 unspecified atom stereocenters. The summed E-state index contributed by atoms with van der Waals surface area (Å²) in [7, 11) is -3.71. The Morgan fingerprint density at radius 1 is 1.16 bits per heavy atom. The number of sulfonamides is 1. The molecule has 2 N–H and O–H groups in total. The van der Waals surface area contributed by atoms with Crippen LogP contribution in [0.5, 0.6) is 0 Å². The molecular formula is C19H26N4O5S3. The molecule has 9 nitrogen and oxygen atoms in total. The summed E-state index contributed by atoms with van der Waals surface area (Å²) in [5.41, 5.74) is 0.957. The average molecular weight is 487 g/mol. The van der Waals surface area contributed by atoms with Crippen molar-refractivity contribution in [1.82, 2.24) is 14.9 Å². The smallest absolute Gasteiger partial charge is 0.316 e. The molecule has 2 rings (SSSR count). The summed E-state index contributed by atoms with van der Waals surface area (Å²) in [4.78, 5) is 23.6. The van der Waals surface area contributed by atoms with E-state index in [9.17, 15) is 18.0 Å². The third kappa shape index (κ3) is 8.20. The Bertz CT molecular complexity index is 998. The first-order valence-corrected chi connectivity index (χ1v) is 12.8. The van der Waals surface area contributed by atoms with E-state index in [1.165, 1.54) is 0 Å². The van der Waals surface area contributed by atoms with Gasteiger partial charge in [0.2, 0.25) is 21.1 Å². The van der Waals surface area contributed by atoms with Crippen LogP contribution >= 0.6 is 23.1 Å². The van der Waals surface area contributed by atoms with E-state index >= 15 is 0 Å². The van der Waals surface area contributed by atoms with E-state index in [1.54, 1.807) is 31.2 Å².